The highest BCUT2D eigenvalue weighted by molar-refractivity contribution is 9.10. The number of halogens is 4. The smallest absolute Gasteiger partial charge is 0.135 e. The van der Waals surface area contributed by atoms with Gasteiger partial charge in [0.2, 0.25) is 0 Å². The number of rotatable bonds is 2. The van der Waals surface area contributed by atoms with Crippen molar-refractivity contribution < 1.29 is 13.9 Å². The van der Waals surface area contributed by atoms with Crippen LogP contribution in [0.3, 0.4) is 0 Å². The predicted molar refractivity (Wildman–Crippen MR) is 74.3 cm³/mol. The summed E-state index contributed by atoms with van der Waals surface area (Å²) in [6, 6.07) is 7.16. The number of hydrogen-bond acceptors (Lipinski definition) is 1. The Labute approximate surface area is 123 Å². The van der Waals surface area contributed by atoms with Crippen LogP contribution >= 0.6 is 27.5 Å². The van der Waals surface area contributed by atoms with E-state index in [2.05, 4.69) is 15.9 Å². The summed E-state index contributed by atoms with van der Waals surface area (Å²) in [4.78, 5) is 0. The summed E-state index contributed by atoms with van der Waals surface area (Å²) in [6.07, 6.45) is -1.42. The van der Waals surface area contributed by atoms with Crippen molar-refractivity contribution in [1.82, 2.24) is 0 Å². The van der Waals surface area contributed by atoms with Gasteiger partial charge in [-0.15, -0.1) is 0 Å². The van der Waals surface area contributed by atoms with Crippen molar-refractivity contribution in [1.29, 1.82) is 0 Å². The van der Waals surface area contributed by atoms with Gasteiger partial charge in [-0.25, -0.2) is 8.78 Å². The fourth-order valence-corrected chi connectivity index (χ4v) is 2.45. The van der Waals surface area contributed by atoms with Gasteiger partial charge in [0.25, 0.3) is 0 Å². The second-order valence-corrected chi connectivity index (χ2v) is 5.45. The van der Waals surface area contributed by atoms with Gasteiger partial charge in [0.1, 0.15) is 17.7 Å². The molecule has 19 heavy (non-hydrogen) atoms. The quantitative estimate of drug-likeness (QED) is 0.829. The van der Waals surface area contributed by atoms with E-state index in [0.29, 0.717) is 15.1 Å². The molecule has 0 aliphatic heterocycles. The summed E-state index contributed by atoms with van der Waals surface area (Å²) in [7, 11) is 0. The number of benzene rings is 2. The number of aliphatic hydroxyl groups excluding tert-OH is 1. The van der Waals surface area contributed by atoms with Gasteiger partial charge in [-0.1, -0.05) is 33.6 Å². The Kier molecular flexibility index (Phi) is 4.23. The lowest BCUT2D eigenvalue weighted by atomic mass is 9.98. The Bertz CT molecular complexity index is 631. The first-order valence-electron chi connectivity index (χ1n) is 5.49. The van der Waals surface area contributed by atoms with Crippen LogP contribution in [-0.2, 0) is 0 Å². The second-order valence-electron chi connectivity index (χ2n) is 4.16. The molecule has 0 spiro atoms. The molecule has 1 nitrogen and oxygen atoms in total. The van der Waals surface area contributed by atoms with Gasteiger partial charge in [0.05, 0.1) is 5.56 Å². The van der Waals surface area contributed by atoms with E-state index in [1.54, 1.807) is 12.1 Å². The zero-order valence-corrected chi connectivity index (χ0v) is 12.3. The molecule has 0 aliphatic rings. The van der Waals surface area contributed by atoms with Crippen molar-refractivity contribution in [2.45, 2.75) is 13.0 Å². The molecule has 0 saturated carbocycles. The average Bonchev–Trinajstić information content (AvgIpc) is 2.37. The SMILES string of the molecule is Cc1ccc(F)c(C(O)c2cc(Cl)ccc2Br)c1F. The van der Waals surface area contributed by atoms with Gasteiger partial charge in [-0.3, -0.25) is 0 Å². The summed E-state index contributed by atoms with van der Waals surface area (Å²) in [6.45, 7) is 1.51. The number of hydrogen-bond donors (Lipinski definition) is 1. The minimum Gasteiger partial charge on any atom is -0.383 e. The third-order valence-electron chi connectivity index (χ3n) is 2.85. The van der Waals surface area contributed by atoms with E-state index in [1.165, 1.54) is 19.1 Å². The Hall–Kier alpha value is -0.970. The lowest BCUT2D eigenvalue weighted by Crippen LogP contribution is -2.08. The van der Waals surface area contributed by atoms with Crippen LogP contribution in [0.5, 0.6) is 0 Å². The summed E-state index contributed by atoms with van der Waals surface area (Å²) in [5, 5.41) is 10.6. The van der Waals surface area contributed by atoms with E-state index < -0.39 is 17.7 Å². The van der Waals surface area contributed by atoms with E-state index in [1.807, 2.05) is 0 Å². The molecule has 0 fully saturated rings. The number of aliphatic hydroxyl groups is 1. The molecule has 0 radical (unpaired) electrons. The summed E-state index contributed by atoms with van der Waals surface area (Å²) in [5.41, 5.74) is 0.215. The normalized spacial score (nSPS) is 12.5. The molecular weight excluding hydrogens is 338 g/mol. The van der Waals surface area contributed by atoms with E-state index in [0.717, 1.165) is 6.07 Å². The Morgan fingerprint density at radius 2 is 1.89 bits per heavy atom. The molecular formula is C14H10BrClF2O. The van der Waals surface area contributed by atoms with Gasteiger partial charge >= 0.3 is 0 Å². The molecule has 1 N–H and O–H groups in total. The van der Waals surface area contributed by atoms with Crippen LogP contribution in [0.2, 0.25) is 5.02 Å². The molecule has 1 unspecified atom stereocenters. The first-order valence-corrected chi connectivity index (χ1v) is 6.66. The van der Waals surface area contributed by atoms with E-state index in [4.69, 9.17) is 11.6 Å². The first kappa shape index (κ1) is 14.4. The maximum atomic E-state index is 14.0. The third kappa shape index (κ3) is 2.81. The zero-order chi connectivity index (χ0) is 14.2. The molecule has 0 amide bonds. The molecule has 1 atom stereocenters. The first-order chi connectivity index (χ1) is 8.91. The third-order valence-corrected chi connectivity index (χ3v) is 3.80. The molecule has 0 bridgehead atoms. The molecule has 2 rings (SSSR count). The molecule has 5 heteroatoms. The molecule has 0 heterocycles. The fourth-order valence-electron chi connectivity index (χ4n) is 1.81. The van der Waals surface area contributed by atoms with Crippen LogP contribution in [0.25, 0.3) is 0 Å². The zero-order valence-electron chi connectivity index (χ0n) is 9.92. The van der Waals surface area contributed by atoms with Crippen molar-refractivity contribution in [2.75, 3.05) is 0 Å². The summed E-state index contributed by atoms with van der Waals surface area (Å²) >= 11 is 9.07. The van der Waals surface area contributed by atoms with Gasteiger partial charge in [0, 0.05) is 15.1 Å². The second kappa shape index (κ2) is 5.57. The minimum atomic E-state index is -1.42. The van der Waals surface area contributed by atoms with Crippen LogP contribution in [0, 0.1) is 18.6 Å². The molecule has 0 aliphatic carbocycles. The van der Waals surface area contributed by atoms with Crippen LogP contribution in [-0.4, -0.2) is 5.11 Å². The highest BCUT2D eigenvalue weighted by atomic mass is 79.9. The van der Waals surface area contributed by atoms with E-state index in [-0.39, 0.29) is 11.1 Å². The minimum absolute atomic E-state index is 0.272. The Balaban J connectivity index is 2.59. The van der Waals surface area contributed by atoms with Gasteiger partial charge in [0.15, 0.2) is 0 Å². The number of aryl methyl sites for hydroxylation is 1. The van der Waals surface area contributed by atoms with Crippen LogP contribution in [0.1, 0.15) is 22.8 Å². The maximum Gasteiger partial charge on any atom is 0.135 e. The molecule has 2 aromatic carbocycles. The maximum absolute atomic E-state index is 14.0. The predicted octanol–water partition coefficient (Wildman–Crippen LogP) is 4.77. The fraction of sp³-hybridized carbons (Fsp3) is 0.143. The van der Waals surface area contributed by atoms with Crippen molar-refractivity contribution in [3.8, 4) is 0 Å². The average molecular weight is 348 g/mol. The Morgan fingerprint density at radius 1 is 1.21 bits per heavy atom. The molecule has 2 aromatic rings. The molecule has 0 aromatic heterocycles. The monoisotopic (exact) mass is 346 g/mol. The van der Waals surface area contributed by atoms with E-state index in [9.17, 15) is 13.9 Å². The molecule has 0 saturated heterocycles. The van der Waals surface area contributed by atoms with Crippen molar-refractivity contribution in [3.05, 3.63) is 68.2 Å². The van der Waals surface area contributed by atoms with Crippen molar-refractivity contribution in [3.63, 3.8) is 0 Å². The highest BCUT2D eigenvalue weighted by Gasteiger charge is 2.23. The standard InChI is InChI=1S/C14H10BrClF2O/c1-7-2-5-11(17)12(13(7)18)14(19)9-6-8(16)3-4-10(9)15/h2-6,14,19H,1H3. The topological polar surface area (TPSA) is 20.2 Å². The van der Waals surface area contributed by atoms with Crippen molar-refractivity contribution in [2.24, 2.45) is 0 Å². The van der Waals surface area contributed by atoms with Gasteiger partial charge in [-0.05, 0) is 36.8 Å². The largest absolute Gasteiger partial charge is 0.383 e. The lowest BCUT2D eigenvalue weighted by molar-refractivity contribution is 0.208. The molecule has 100 valence electrons. The Morgan fingerprint density at radius 3 is 2.58 bits per heavy atom. The highest BCUT2D eigenvalue weighted by Crippen LogP contribution is 2.33. The van der Waals surface area contributed by atoms with Crippen LogP contribution < -0.4 is 0 Å². The van der Waals surface area contributed by atoms with Crippen LogP contribution in [0.4, 0.5) is 8.78 Å². The van der Waals surface area contributed by atoms with Crippen LogP contribution in [0.15, 0.2) is 34.8 Å². The lowest BCUT2D eigenvalue weighted by Gasteiger charge is -2.16. The van der Waals surface area contributed by atoms with Gasteiger partial charge in [-0.2, -0.15) is 0 Å². The van der Waals surface area contributed by atoms with E-state index >= 15 is 0 Å². The van der Waals surface area contributed by atoms with Crippen molar-refractivity contribution >= 4 is 27.5 Å². The van der Waals surface area contributed by atoms with Gasteiger partial charge < -0.3 is 5.11 Å². The summed E-state index contributed by atoms with van der Waals surface area (Å²) in [5.74, 6) is -1.54. The summed E-state index contributed by atoms with van der Waals surface area (Å²) < 4.78 is 28.3.